The van der Waals surface area contributed by atoms with Gasteiger partial charge < -0.3 is 0 Å². The number of thioether (sulfide) groups is 1. The zero-order chi connectivity index (χ0) is 11.4. The average Bonchev–Trinajstić information content (AvgIpc) is 2.28. The van der Waals surface area contributed by atoms with Gasteiger partial charge >= 0.3 is 0 Å². The number of hydrogen-bond acceptors (Lipinski definition) is 2. The fourth-order valence-electron chi connectivity index (χ4n) is 1.23. The van der Waals surface area contributed by atoms with E-state index in [0.717, 1.165) is 16.2 Å². The first-order valence-corrected chi connectivity index (χ1v) is 6.09. The summed E-state index contributed by atoms with van der Waals surface area (Å²) >= 11 is 7.42. The third kappa shape index (κ3) is 3.22. The predicted octanol–water partition coefficient (Wildman–Crippen LogP) is 4.17. The van der Waals surface area contributed by atoms with Crippen molar-refractivity contribution < 1.29 is 4.39 Å². The van der Waals surface area contributed by atoms with Crippen LogP contribution in [0, 0.1) is 5.82 Å². The van der Waals surface area contributed by atoms with E-state index in [2.05, 4.69) is 4.98 Å². The van der Waals surface area contributed by atoms with Crippen LogP contribution < -0.4 is 0 Å². The van der Waals surface area contributed by atoms with Crippen LogP contribution in [0.15, 0.2) is 47.5 Å². The van der Waals surface area contributed by atoms with E-state index in [9.17, 15) is 4.39 Å². The smallest absolute Gasteiger partial charge is 0.129 e. The number of benzene rings is 1. The van der Waals surface area contributed by atoms with E-state index >= 15 is 0 Å². The van der Waals surface area contributed by atoms with E-state index in [1.54, 1.807) is 30.1 Å². The Bertz CT molecular complexity index is 473. The molecule has 1 nitrogen and oxygen atoms in total. The SMILES string of the molecule is Fc1ccc(SCc2ccnc(Cl)c2)cc1. The topological polar surface area (TPSA) is 12.9 Å². The molecule has 16 heavy (non-hydrogen) atoms. The highest BCUT2D eigenvalue weighted by molar-refractivity contribution is 7.98. The quantitative estimate of drug-likeness (QED) is 0.602. The van der Waals surface area contributed by atoms with Crippen LogP contribution in [0.5, 0.6) is 0 Å². The van der Waals surface area contributed by atoms with Gasteiger partial charge in [-0.15, -0.1) is 11.8 Å². The summed E-state index contributed by atoms with van der Waals surface area (Å²) in [5, 5.41) is 0.497. The lowest BCUT2D eigenvalue weighted by atomic mass is 10.3. The highest BCUT2D eigenvalue weighted by Gasteiger charge is 1.98. The van der Waals surface area contributed by atoms with E-state index in [4.69, 9.17) is 11.6 Å². The zero-order valence-corrected chi connectivity index (χ0v) is 9.93. The Morgan fingerprint density at radius 2 is 1.94 bits per heavy atom. The van der Waals surface area contributed by atoms with Gasteiger partial charge in [-0.25, -0.2) is 9.37 Å². The second-order valence-electron chi connectivity index (χ2n) is 3.23. The number of hydrogen-bond donors (Lipinski definition) is 0. The van der Waals surface area contributed by atoms with Crippen molar-refractivity contribution in [2.24, 2.45) is 0 Å². The first kappa shape index (κ1) is 11.4. The molecule has 0 saturated carbocycles. The van der Waals surface area contributed by atoms with Gasteiger partial charge in [0.2, 0.25) is 0 Å². The van der Waals surface area contributed by atoms with E-state index in [0.29, 0.717) is 5.15 Å². The molecule has 0 fully saturated rings. The second-order valence-corrected chi connectivity index (χ2v) is 4.67. The van der Waals surface area contributed by atoms with Crippen LogP contribution in [-0.2, 0) is 5.75 Å². The van der Waals surface area contributed by atoms with Crippen molar-refractivity contribution in [2.45, 2.75) is 10.6 Å². The number of pyridine rings is 1. The number of halogens is 2. The van der Waals surface area contributed by atoms with Gasteiger partial charge in [0.1, 0.15) is 11.0 Å². The fourth-order valence-corrected chi connectivity index (χ4v) is 2.27. The molecule has 0 radical (unpaired) electrons. The highest BCUT2D eigenvalue weighted by Crippen LogP contribution is 2.23. The van der Waals surface area contributed by atoms with Gasteiger partial charge in [-0.1, -0.05) is 11.6 Å². The molecule has 0 spiro atoms. The minimum Gasteiger partial charge on any atom is -0.245 e. The molecule has 2 aromatic rings. The second kappa shape index (κ2) is 5.32. The molecule has 0 aliphatic heterocycles. The molecule has 4 heteroatoms. The van der Waals surface area contributed by atoms with Crippen LogP contribution in [0.3, 0.4) is 0 Å². The van der Waals surface area contributed by atoms with Crippen LogP contribution in [0.4, 0.5) is 4.39 Å². The molecule has 1 aromatic heterocycles. The van der Waals surface area contributed by atoms with Crippen molar-refractivity contribution in [3.63, 3.8) is 0 Å². The lowest BCUT2D eigenvalue weighted by Crippen LogP contribution is -1.82. The Hall–Kier alpha value is -1.06. The fraction of sp³-hybridized carbons (Fsp3) is 0.0833. The molecule has 1 heterocycles. The van der Waals surface area contributed by atoms with Gasteiger partial charge in [-0.3, -0.25) is 0 Å². The van der Waals surface area contributed by atoms with Crippen molar-refractivity contribution in [1.82, 2.24) is 4.98 Å². The molecule has 0 atom stereocenters. The summed E-state index contributed by atoms with van der Waals surface area (Å²) in [5.74, 6) is 0.588. The van der Waals surface area contributed by atoms with Crippen LogP contribution in [0.2, 0.25) is 5.15 Å². The van der Waals surface area contributed by atoms with Crippen LogP contribution in [0.25, 0.3) is 0 Å². The van der Waals surface area contributed by atoms with E-state index in [1.165, 1.54) is 12.1 Å². The maximum absolute atomic E-state index is 12.7. The molecule has 0 N–H and O–H groups in total. The number of aromatic nitrogens is 1. The van der Waals surface area contributed by atoms with Gasteiger partial charge in [0, 0.05) is 16.8 Å². The van der Waals surface area contributed by atoms with Crippen LogP contribution >= 0.6 is 23.4 Å². The molecular weight excluding hydrogens is 245 g/mol. The molecular formula is C12H9ClFNS. The summed E-state index contributed by atoms with van der Waals surface area (Å²) in [6.07, 6.45) is 1.68. The van der Waals surface area contributed by atoms with Crippen LogP contribution in [-0.4, -0.2) is 4.98 Å². The molecule has 2 rings (SSSR count). The van der Waals surface area contributed by atoms with Crippen molar-refractivity contribution >= 4 is 23.4 Å². The summed E-state index contributed by atoms with van der Waals surface area (Å²) in [6, 6.07) is 10.2. The molecule has 82 valence electrons. The Kier molecular flexibility index (Phi) is 3.80. The van der Waals surface area contributed by atoms with Crippen molar-refractivity contribution in [2.75, 3.05) is 0 Å². The van der Waals surface area contributed by atoms with Crippen molar-refractivity contribution in [3.05, 3.63) is 59.1 Å². The monoisotopic (exact) mass is 253 g/mol. The third-order valence-electron chi connectivity index (χ3n) is 2.01. The largest absolute Gasteiger partial charge is 0.245 e. The third-order valence-corrected chi connectivity index (χ3v) is 3.30. The minimum absolute atomic E-state index is 0.212. The highest BCUT2D eigenvalue weighted by atomic mass is 35.5. The normalized spacial score (nSPS) is 10.4. The molecule has 0 aliphatic rings. The standard InChI is InChI=1S/C12H9ClFNS/c13-12-7-9(5-6-15-12)8-16-11-3-1-10(14)2-4-11/h1-7H,8H2. The van der Waals surface area contributed by atoms with Crippen molar-refractivity contribution in [3.8, 4) is 0 Å². The van der Waals surface area contributed by atoms with E-state index in [1.807, 2.05) is 12.1 Å². The molecule has 0 bridgehead atoms. The first-order valence-electron chi connectivity index (χ1n) is 4.73. The summed E-state index contributed by atoms with van der Waals surface area (Å²) in [4.78, 5) is 4.95. The lowest BCUT2D eigenvalue weighted by molar-refractivity contribution is 0.626. The maximum atomic E-state index is 12.7. The van der Waals surface area contributed by atoms with Gasteiger partial charge in [0.15, 0.2) is 0 Å². The minimum atomic E-state index is -0.212. The van der Waals surface area contributed by atoms with Crippen LogP contribution in [0.1, 0.15) is 5.56 Å². The molecule has 0 aliphatic carbocycles. The predicted molar refractivity (Wildman–Crippen MR) is 65.2 cm³/mol. The summed E-state index contributed by atoms with van der Waals surface area (Å²) < 4.78 is 12.7. The summed E-state index contributed by atoms with van der Waals surface area (Å²) in [7, 11) is 0. The van der Waals surface area contributed by atoms with Gasteiger partial charge in [0.25, 0.3) is 0 Å². The lowest BCUT2D eigenvalue weighted by Gasteiger charge is -2.02. The Labute approximate surface area is 103 Å². The summed E-state index contributed by atoms with van der Waals surface area (Å²) in [6.45, 7) is 0. The molecule has 0 saturated heterocycles. The van der Waals surface area contributed by atoms with E-state index < -0.39 is 0 Å². The number of rotatable bonds is 3. The summed E-state index contributed by atoms with van der Waals surface area (Å²) in [5.41, 5.74) is 1.11. The first-order chi connectivity index (χ1) is 7.74. The van der Waals surface area contributed by atoms with Crippen molar-refractivity contribution in [1.29, 1.82) is 0 Å². The maximum Gasteiger partial charge on any atom is 0.129 e. The van der Waals surface area contributed by atoms with E-state index in [-0.39, 0.29) is 5.82 Å². The van der Waals surface area contributed by atoms with Gasteiger partial charge in [-0.05, 0) is 42.0 Å². The molecule has 0 amide bonds. The molecule has 1 aromatic carbocycles. The molecule has 0 unspecified atom stereocenters. The zero-order valence-electron chi connectivity index (χ0n) is 8.36. The van der Waals surface area contributed by atoms with Gasteiger partial charge in [-0.2, -0.15) is 0 Å². The Balaban J connectivity index is 1.99. The Morgan fingerprint density at radius 1 is 1.19 bits per heavy atom. The number of nitrogens with zero attached hydrogens (tertiary/aromatic N) is 1. The average molecular weight is 254 g/mol. The Morgan fingerprint density at radius 3 is 2.62 bits per heavy atom. The van der Waals surface area contributed by atoms with Gasteiger partial charge in [0.05, 0.1) is 0 Å².